The van der Waals surface area contributed by atoms with Crippen LogP contribution in [0.5, 0.6) is 11.5 Å². The summed E-state index contributed by atoms with van der Waals surface area (Å²) in [6.45, 7) is 4.02. The summed E-state index contributed by atoms with van der Waals surface area (Å²) in [4.78, 5) is 28.7. The monoisotopic (exact) mass is 463 g/mol. The number of aromatic nitrogens is 2. The molecule has 9 heteroatoms. The number of rotatable bonds is 5. The summed E-state index contributed by atoms with van der Waals surface area (Å²) in [5.74, 6) is 0.763. The zero-order chi connectivity index (χ0) is 23.3. The number of nitrogens with zero attached hydrogens (tertiary/aromatic N) is 3. The number of para-hydroxylation sites is 1. The van der Waals surface area contributed by atoms with Gasteiger partial charge < -0.3 is 13.9 Å². The van der Waals surface area contributed by atoms with Crippen LogP contribution in [0.25, 0.3) is 11.0 Å². The summed E-state index contributed by atoms with van der Waals surface area (Å²) in [6, 6.07) is 11.5. The van der Waals surface area contributed by atoms with Gasteiger partial charge in [-0.2, -0.15) is 0 Å². The number of hydrogen-bond donors (Lipinski definition) is 0. The van der Waals surface area contributed by atoms with Crippen molar-refractivity contribution in [1.29, 1.82) is 0 Å². The molecule has 1 aliphatic rings. The predicted octanol–water partition coefficient (Wildman–Crippen LogP) is 4.53. The van der Waals surface area contributed by atoms with E-state index in [0.717, 1.165) is 5.01 Å². The first-order valence-corrected chi connectivity index (χ1v) is 11.2. The molecule has 0 aliphatic carbocycles. The van der Waals surface area contributed by atoms with E-state index in [1.807, 2.05) is 13.8 Å². The molecule has 0 radical (unpaired) electrons. The van der Waals surface area contributed by atoms with Gasteiger partial charge in [-0.25, -0.2) is 0 Å². The highest BCUT2D eigenvalue weighted by molar-refractivity contribution is 7.15. The highest BCUT2D eigenvalue weighted by Crippen LogP contribution is 2.44. The van der Waals surface area contributed by atoms with Gasteiger partial charge in [0, 0.05) is 5.92 Å². The smallest absolute Gasteiger partial charge is 0.297 e. The van der Waals surface area contributed by atoms with Crippen LogP contribution in [0, 0.1) is 0 Å². The van der Waals surface area contributed by atoms with Gasteiger partial charge in [-0.3, -0.25) is 14.5 Å². The second kappa shape index (κ2) is 8.00. The van der Waals surface area contributed by atoms with Gasteiger partial charge in [0.05, 0.1) is 31.2 Å². The molecule has 0 spiro atoms. The van der Waals surface area contributed by atoms with Crippen molar-refractivity contribution in [2.24, 2.45) is 0 Å². The minimum Gasteiger partial charge on any atom is -0.493 e. The Morgan fingerprint density at radius 3 is 2.48 bits per heavy atom. The van der Waals surface area contributed by atoms with Crippen molar-refractivity contribution >= 4 is 33.3 Å². The number of carbonyl (C=O) groups is 1. The van der Waals surface area contributed by atoms with Crippen molar-refractivity contribution in [3.8, 4) is 11.5 Å². The third-order valence-electron chi connectivity index (χ3n) is 5.63. The van der Waals surface area contributed by atoms with E-state index >= 15 is 0 Å². The van der Waals surface area contributed by atoms with Crippen LogP contribution in [0.2, 0.25) is 0 Å². The van der Waals surface area contributed by atoms with E-state index in [0.29, 0.717) is 33.2 Å². The highest BCUT2D eigenvalue weighted by Gasteiger charge is 2.45. The Hall–Kier alpha value is -3.72. The standard InChI is InChI=1S/C24H21N3O5S/c1-12(2)22-25-26-24(33-22)27-19(13-9-10-16(30-3)17(11-13)31-4)18-20(28)14-7-5-6-8-15(14)32-21(18)23(27)29/h5-12,19H,1-4H3. The number of hydrogen-bond acceptors (Lipinski definition) is 8. The number of amides is 1. The van der Waals surface area contributed by atoms with Crippen molar-refractivity contribution in [3.63, 3.8) is 0 Å². The van der Waals surface area contributed by atoms with Gasteiger partial charge >= 0.3 is 0 Å². The quantitative estimate of drug-likeness (QED) is 0.429. The minimum absolute atomic E-state index is 0.0137. The van der Waals surface area contributed by atoms with Crippen LogP contribution in [0.3, 0.4) is 0 Å². The van der Waals surface area contributed by atoms with Crippen LogP contribution in [-0.4, -0.2) is 30.3 Å². The number of methoxy groups -OCH3 is 2. The van der Waals surface area contributed by atoms with E-state index in [-0.39, 0.29) is 22.7 Å². The van der Waals surface area contributed by atoms with Crippen LogP contribution in [0.15, 0.2) is 51.7 Å². The summed E-state index contributed by atoms with van der Waals surface area (Å²) < 4.78 is 16.8. The maximum Gasteiger partial charge on any atom is 0.297 e. The zero-order valence-corrected chi connectivity index (χ0v) is 19.3. The fraction of sp³-hybridized carbons (Fsp3) is 0.250. The molecule has 0 saturated carbocycles. The van der Waals surface area contributed by atoms with Crippen molar-refractivity contribution in [3.05, 3.63) is 74.6 Å². The normalized spacial score (nSPS) is 15.4. The summed E-state index contributed by atoms with van der Waals surface area (Å²) in [7, 11) is 3.09. The van der Waals surface area contributed by atoms with Crippen LogP contribution < -0.4 is 19.8 Å². The topological polar surface area (TPSA) is 94.8 Å². The number of fused-ring (bicyclic) bond motifs is 2. The van der Waals surface area contributed by atoms with Crippen molar-refractivity contribution in [2.75, 3.05) is 19.1 Å². The van der Waals surface area contributed by atoms with Gasteiger partial charge in [0.2, 0.25) is 10.9 Å². The van der Waals surface area contributed by atoms with Crippen LogP contribution >= 0.6 is 11.3 Å². The van der Waals surface area contributed by atoms with Crippen LogP contribution in [0.1, 0.15) is 52.5 Å². The van der Waals surface area contributed by atoms with E-state index in [2.05, 4.69) is 10.2 Å². The van der Waals surface area contributed by atoms with E-state index in [9.17, 15) is 9.59 Å². The molecule has 1 atom stereocenters. The molecule has 0 bridgehead atoms. The van der Waals surface area contributed by atoms with E-state index in [4.69, 9.17) is 13.9 Å². The van der Waals surface area contributed by atoms with Crippen molar-refractivity contribution in [1.82, 2.24) is 10.2 Å². The van der Waals surface area contributed by atoms with Gasteiger partial charge in [0.25, 0.3) is 5.91 Å². The van der Waals surface area contributed by atoms with Gasteiger partial charge in [-0.1, -0.05) is 43.4 Å². The van der Waals surface area contributed by atoms with E-state index in [1.165, 1.54) is 23.3 Å². The summed E-state index contributed by atoms with van der Waals surface area (Å²) in [6.07, 6.45) is 0. The predicted molar refractivity (Wildman–Crippen MR) is 125 cm³/mol. The number of anilines is 1. The Balaban J connectivity index is 1.78. The average molecular weight is 464 g/mol. The van der Waals surface area contributed by atoms with Gasteiger partial charge in [-0.15, -0.1) is 10.2 Å². The second-order valence-corrected chi connectivity index (χ2v) is 8.93. The zero-order valence-electron chi connectivity index (χ0n) is 18.5. The first kappa shape index (κ1) is 21.1. The van der Waals surface area contributed by atoms with Crippen LogP contribution in [-0.2, 0) is 0 Å². The maximum atomic E-state index is 13.6. The first-order valence-electron chi connectivity index (χ1n) is 10.4. The molecule has 8 nitrogen and oxygen atoms in total. The minimum atomic E-state index is -0.749. The Kier molecular flexibility index (Phi) is 5.13. The van der Waals surface area contributed by atoms with Gasteiger partial charge in [-0.05, 0) is 29.8 Å². The van der Waals surface area contributed by atoms with Crippen LogP contribution in [0.4, 0.5) is 5.13 Å². The Morgan fingerprint density at radius 2 is 1.79 bits per heavy atom. The molecule has 4 aromatic rings. The number of ether oxygens (including phenoxy) is 2. The number of benzene rings is 2. The molecule has 168 valence electrons. The summed E-state index contributed by atoms with van der Waals surface area (Å²) >= 11 is 1.32. The van der Waals surface area contributed by atoms with Gasteiger partial charge in [0.15, 0.2) is 16.9 Å². The second-order valence-electron chi connectivity index (χ2n) is 7.94. The third kappa shape index (κ3) is 3.27. The molecule has 1 amide bonds. The summed E-state index contributed by atoms with van der Waals surface area (Å²) in [5, 5.41) is 10.1. The molecule has 0 fully saturated rings. The Bertz CT molecular complexity index is 1440. The van der Waals surface area contributed by atoms with Gasteiger partial charge in [0.1, 0.15) is 10.6 Å². The lowest BCUT2D eigenvalue weighted by molar-refractivity contribution is 0.0970. The lowest BCUT2D eigenvalue weighted by Crippen LogP contribution is -2.29. The van der Waals surface area contributed by atoms with Crippen molar-refractivity contribution in [2.45, 2.75) is 25.8 Å². The first-order chi connectivity index (χ1) is 15.9. The Labute approximate surface area is 193 Å². The molecule has 1 unspecified atom stereocenters. The average Bonchev–Trinajstić information content (AvgIpc) is 3.42. The molecule has 0 N–H and O–H groups in total. The molecule has 5 rings (SSSR count). The molecule has 3 heterocycles. The molecule has 2 aromatic heterocycles. The fourth-order valence-electron chi connectivity index (χ4n) is 4.01. The molecule has 1 aliphatic heterocycles. The molecule has 0 saturated heterocycles. The maximum absolute atomic E-state index is 13.6. The largest absolute Gasteiger partial charge is 0.493 e. The lowest BCUT2D eigenvalue weighted by Gasteiger charge is -2.23. The molecule has 2 aromatic carbocycles. The molecule has 33 heavy (non-hydrogen) atoms. The Morgan fingerprint density at radius 1 is 1.03 bits per heavy atom. The third-order valence-corrected chi connectivity index (χ3v) is 6.85. The van der Waals surface area contributed by atoms with E-state index in [1.54, 1.807) is 49.6 Å². The number of carbonyl (C=O) groups excluding carboxylic acids is 1. The highest BCUT2D eigenvalue weighted by atomic mass is 32.1. The SMILES string of the molecule is COc1ccc(C2c3c(oc4ccccc4c3=O)C(=O)N2c2nnc(C(C)C)s2)cc1OC. The van der Waals surface area contributed by atoms with E-state index < -0.39 is 11.9 Å². The fourth-order valence-corrected chi connectivity index (χ4v) is 4.89. The molecular formula is C24H21N3O5S. The molecular weight excluding hydrogens is 442 g/mol. The van der Waals surface area contributed by atoms with Crippen molar-refractivity contribution < 1.29 is 18.7 Å². The summed E-state index contributed by atoms with van der Waals surface area (Å²) in [5.41, 5.74) is 1.05. The lowest BCUT2D eigenvalue weighted by atomic mass is 9.98.